The van der Waals surface area contributed by atoms with Crippen molar-refractivity contribution in [3.8, 4) is 0 Å². The van der Waals surface area contributed by atoms with Crippen molar-refractivity contribution in [2.75, 3.05) is 0 Å². The molecular formula is C6H10CuO8+2. The van der Waals surface area contributed by atoms with Gasteiger partial charge in [0.2, 0.25) is 0 Å². The summed E-state index contributed by atoms with van der Waals surface area (Å²) in [6.45, 7) is 0. The van der Waals surface area contributed by atoms with Crippen molar-refractivity contribution in [2.24, 2.45) is 0 Å². The van der Waals surface area contributed by atoms with Gasteiger partial charge in [-0.05, 0) is 0 Å². The molecule has 0 amide bonds. The van der Waals surface area contributed by atoms with Gasteiger partial charge >= 0.3 is 29.0 Å². The molecular weight excluding hydrogens is 264 g/mol. The fourth-order valence-electron chi connectivity index (χ4n) is 0.666. The normalized spacial score (nSPS) is 18.1. The maximum absolute atomic E-state index is 10.1. The van der Waals surface area contributed by atoms with Gasteiger partial charge in [-0.3, -0.25) is 0 Å². The maximum Gasteiger partial charge on any atom is 2.00 e. The van der Waals surface area contributed by atoms with Crippen LogP contribution in [0, 0.1) is 0 Å². The van der Waals surface area contributed by atoms with Crippen LogP contribution >= 0.6 is 0 Å². The first-order chi connectivity index (χ1) is 6.29. The fourth-order valence-corrected chi connectivity index (χ4v) is 0.666. The van der Waals surface area contributed by atoms with Crippen molar-refractivity contribution in [3.63, 3.8) is 0 Å². The van der Waals surface area contributed by atoms with E-state index in [0.717, 1.165) is 0 Å². The summed E-state index contributed by atoms with van der Waals surface area (Å²) >= 11 is 0. The van der Waals surface area contributed by atoms with Crippen LogP contribution in [0.4, 0.5) is 0 Å². The predicted molar refractivity (Wildman–Crippen MR) is 39.3 cm³/mol. The van der Waals surface area contributed by atoms with Crippen LogP contribution in [0.2, 0.25) is 0 Å². The molecule has 0 aromatic carbocycles. The first kappa shape index (κ1) is 16.7. The van der Waals surface area contributed by atoms with Gasteiger partial charge in [-0.25, -0.2) is 9.59 Å². The predicted octanol–water partition coefficient (Wildman–Crippen LogP) is -3.40. The van der Waals surface area contributed by atoms with Crippen LogP contribution in [-0.2, 0) is 26.7 Å². The summed E-state index contributed by atoms with van der Waals surface area (Å²) in [4.78, 5) is 20.2. The van der Waals surface area contributed by atoms with Crippen LogP contribution in [0.3, 0.4) is 0 Å². The standard InChI is InChI=1S/C6H10O8.Cu/c7-1(3(9)5(11)12)2(8)4(10)6(13)14;/h1-4,7-10H,(H,11,12)(H,13,14);/q;+2. The Labute approximate surface area is 94.2 Å². The number of aliphatic hydroxyl groups is 4. The molecule has 91 valence electrons. The van der Waals surface area contributed by atoms with E-state index in [1.54, 1.807) is 0 Å². The molecule has 0 bridgehead atoms. The zero-order valence-electron chi connectivity index (χ0n) is 7.11. The zero-order valence-corrected chi connectivity index (χ0v) is 8.05. The summed E-state index contributed by atoms with van der Waals surface area (Å²) in [5.41, 5.74) is 0. The number of aliphatic carboxylic acids is 2. The molecule has 0 aromatic heterocycles. The largest absolute Gasteiger partial charge is 2.00 e. The molecule has 0 spiro atoms. The average Bonchev–Trinajstić information content (AvgIpc) is 2.12. The first-order valence-corrected chi connectivity index (χ1v) is 3.47. The molecule has 8 nitrogen and oxygen atoms in total. The van der Waals surface area contributed by atoms with Crippen molar-refractivity contribution in [1.82, 2.24) is 0 Å². The van der Waals surface area contributed by atoms with E-state index < -0.39 is 36.4 Å². The van der Waals surface area contributed by atoms with Crippen LogP contribution in [-0.4, -0.2) is 67.0 Å². The number of rotatable bonds is 5. The van der Waals surface area contributed by atoms with Crippen LogP contribution in [0.5, 0.6) is 0 Å². The molecule has 4 atom stereocenters. The Balaban J connectivity index is 0. The Morgan fingerprint density at radius 1 is 0.733 bits per heavy atom. The van der Waals surface area contributed by atoms with Crippen LogP contribution < -0.4 is 0 Å². The summed E-state index contributed by atoms with van der Waals surface area (Å²) in [5.74, 6) is -3.68. The molecule has 0 aliphatic carbocycles. The molecule has 9 heteroatoms. The van der Waals surface area contributed by atoms with Gasteiger partial charge in [-0.1, -0.05) is 0 Å². The topological polar surface area (TPSA) is 156 Å². The van der Waals surface area contributed by atoms with E-state index in [1.807, 2.05) is 0 Å². The molecule has 0 saturated heterocycles. The van der Waals surface area contributed by atoms with Crippen LogP contribution in [0.15, 0.2) is 0 Å². The number of hydrogen-bond acceptors (Lipinski definition) is 6. The second-order valence-electron chi connectivity index (χ2n) is 2.55. The Hall–Kier alpha value is -0.701. The molecule has 6 N–H and O–H groups in total. The molecule has 0 rings (SSSR count). The van der Waals surface area contributed by atoms with Crippen molar-refractivity contribution in [2.45, 2.75) is 24.4 Å². The number of hydrogen-bond donors (Lipinski definition) is 6. The zero-order chi connectivity index (χ0) is 11.5. The SMILES string of the molecule is O=C(O)C(O)C(O)C(O)C(O)C(=O)O.[Cu+2]. The quantitative estimate of drug-likeness (QED) is 0.283. The minimum atomic E-state index is -2.36. The molecule has 0 aromatic rings. The molecule has 0 fully saturated rings. The summed E-state index contributed by atoms with van der Waals surface area (Å²) in [6.07, 6.45) is -9.28. The van der Waals surface area contributed by atoms with Gasteiger partial charge in [0.25, 0.3) is 0 Å². The second kappa shape index (κ2) is 6.72. The van der Waals surface area contributed by atoms with Gasteiger partial charge in [0.1, 0.15) is 12.2 Å². The third kappa shape index (κ3) is 4.56. The number of carboxylic acid groups (broad SMARTS) is 2. The summed E-state index contributed by atoms with van der Waals surface area (Å²) in [7, 11) is 0. The third-order valence-corrected chi connectivity index (χ3v) is 1.50. The van der Waals surface area contributed by atoms with E-state index in [1.165, 1.54) is 0 Å². The third-order valence-electron chi connectivity index (χ3n) is 1.50. The minimum absolute atomic E-state index is 0. The molecule has 15 heavy (non-hydrogen) atoms. The average molecular weight is 274 g/mol. The van der Waals surface area contributed by atoms with Gasteiger partial charge in [0, 0.05) is 0 Å². The van der Waals surface area contributed by atoms with Gasteiger partial charge < -0.3 is 30.6 Å². The van der Waals surface area contributed by atoms with Gasteiger partial charge in [0.05, 0.1) is 0 Å². The van der Waals surface area contributed by atoms with E-state index >= 15 is 0 Å². The molecule has 4 unspecified atom stereocenters. The Morgan fingerprint density at radius 2 is 0.933 bits per heavy atom. The second-order valence-corrected chi connectivity index (χ2v) is 2.55. The van der Waals surface area contributed by atoms with E-state index in [4.69, 9.17) is 30.6 Å². The van der Waals surface area contributed by atoms with E-state index in [9.17, 15) is 9.59 Å². The Kier molecular flexibility index (Phi) is 7.49. The summed E-state index contributed by atoms with van der Waals surface area (Å²) in [5, 5.41) is 51.5. The van der Waals surface area contributed by atoms with Crippen molar-refractivity contribution in [3.05, 3.63) is 0 Å². The molecule has 0 aliphatic rings. The van der Waals surface area contributed by atoms with Crippen LogP contribution in [0.25, 0.3) is 0 Å². The maximum atomic E-state index is 10.1. The Bertz CT molecular complexity index is 207. The van der Waals surface area contributed by atoms with Crippen LogP contribution in [0.1, 0.15) is 0 Å². The summed E-state index contributed by atoms with van der Waals surface area (Å²) < 4.78 is 0. The number of carboxylic acids is 2. The molecule has 0 aliphatic heterocycles. The van der Waals surface area contributed by atoms with Crippen molar-refractivity contribution < 1.29 is 57.3 Å². The minimum Gasteiger partial charge on any atom is -0.479 e. The smallest absolute Gasteiger partial charge is 0.479 e. The van der Waals surface area contributed by atoms with Gasteiger partial charge in [0.15, 0.2) is 12.2 Å². The van der Waals surface area contributed by atoms with Gasteiger partial charge in [-0.15, -0.1) is 0 Å². The molecule has 0 saturated carbocycles. The van der Waals surface area contributed by atoms with Crippen molar-refractivity contribution >= 4 is 11.9 Å². The first-order valence-electron chi connectivity index (χ1n) is 3.47. The van der Waals surface area contributed by atoms with E-state index in [-0.39, 0.29) is 17.1 Å². The van der Waals surface area contributed by atoms with E-state index in [2.05, 4.69) is 0 Å². The van der Waals surface area contributed by atoms with Gasteiger partial charge in [-0.2, -0.15) is 0 Å². The molecule has 0 heterocycles. The monoisotopic (exact) mass is 273 g/mol. The summed E-state index contributed by atoms with van der Waals surface area (Å²) in [6, 6.07) is 0. The fraction of sp³-hybridized carbons (Fsp3) is 0.667. The number of aliphatic hydroxyl groups excluding tert-OH is 4. The number of carbonyl (C=O) groups is 2. The van der Waals surface area contributed by atoms with E-state index in [0.29, 0.717) is 0 Å². The molecule has 1 radical (unpaired) electrons. The Morgan fingerprint density at radius 3 is 1.07 bits per heavy atom. The van der Waals surface area contributed by atoms with Crippen molar-refractivity contribution in [1.29, 1.82) is 0 Å².